The summed E-state index contributed by atoms with van der Waals surface area (Å²) >= 11 is 11.9. The summed E-state index contributed by atoms with van der Waals surface area (Å²) in [6.07, 6.45) is 0. The van der Waals surface area contributed by atoms with Crippen LogP contribution in [0.2, 0.25) is 10.0 Å². The topological polar surface area (TPSA) is 75.3 Å². The fourth-order valence-electron chi connectivity index (χ4n) is 1.86. The van der Waals surface area contributed by atoms with Gasteiger partial charge in [-0.3, -0.25) is 4.79 Å². The molecule has 0 aliphatic heterocycles. The van der Waals surface area contributed by atoms with Gasteiger partial charge in [0.2, 0.25) is 15.9 Å². The average molecular weight is 373 g/mol. The maximum atomic E-state index is 12.3. The first-order valence-electron chi connectivity index (χ1n) is 6.59. The summed E-state index contributed by atoms with van der Waals surface area (Å²) in [4.78, 5) is 11.0. The zero-order valence-corrected chi connectivity index (χ0v) is 14.5. The van der Waals surface area contributed by atoms with Gasteiger partial charge in [0.05, 0.1) is 15.6 Å². The quantitative estimate of drug-likeness (QED) is 0.843. The van der Waals surface area contributed by atoms with Gasteiger partial charge in [-0.1, -0.05) is 35.3 Å². The first-order chi connectivity index (χ1) is 10.8. The molecule has 8 heteroatoms. The summed E-state index contributed by atoms with van der Waals surface area (Å²) in [5.74, 6) is -0.290. The van der Waals surface area contributed by atoms with E-state index in [-0.39, 0.29) is 22.4 Å². The molecule has 0 unspecified atom stereocenters. The zero-order valence-electron chi connectivity index (χ0n) is 12.1. The molecule has 0 radical (unpaired) electrons. The third kappa shape index (κ3) is 4.94. The van der Waals surface area contributed by atoms with Crippen molar-refractivity contribution < 1.29 is 13.2 Å². The van der Waals surface area contributed by atoms with Crippen molar-refractivity contribution in [2.45, 2.75) is 18.4 Å². The molecular formula is C15H14Cl2N2O3S. The third-order valence-electron chi connectivity index (χ3n) is 2.92. The first-order valence-corrected chi connectivity index (χ1v) is 8.83. The molecule has 2 aromatic rings. The van der Waals surface area contributed by atoms with E-state index in [2.05, 4.69) is 10.0 Å². The Labute approximate surface area is 144 Å². The van der Waals surface area contributed by atoms with Gasteiger partial charge in [0.15, 0.2) is 0 Å². The molecule has 0 atom stereocenters. The van der Waals surface area contributed by atoms with Crippen LogP contribution >= 0.6 is 23.2 Å². The molecule has 122 valence electrons. The molecule has 0 heterocycles. The van der Waals surface area contributed by atoms with Gasteiger partial charge in [-0.25, -0.2) is 13.1 Å². The lowest BCUT2D eigenvalue weighted by Gasteiger charge is -2.10. The molecule has 0 fully saturated rings. The molecular weight excluding hydrogens is 359 g/mol. The zero-order chi connectivity index (χ0) is 17.0. The van der Waals surface area contributed by atoms with Crippen molar-refractivity contribution in [2.24, 2.45) is 0 Å². The van der Waals surface area contributed by atoms with Gasteiger partial charge in [-0.15, -0.1) is 0 Å². The highest BCUT2D eigenvalue weighted by molar-refractivity contribution is 7.89. The molecule has 1 amide bonds. The van der Waals surface area contributed by atoms with Crippen LogP contribution in [0.25, 0.3) is 0 Å². The second-order valence-electron chi connectivity index (χ2n) is 4.78. The minimum absolute atomic E-state index is 0.0126. The van der Waals surface area contributed by atoms with E-state index in [0.29, 0.717) is 10.7 Å². The summed E-state index contributed by atoms with van der Waals surface area (Å²) in [6.45, 7) is 1.45. The summed E-state index contributed by atoms with van der Waals surface area (Å²) < 4.78 is 27.0. The Morgan fingerprint density at radius 1 is 1.13 bits per heavy atom. The molecule has 2 rings (SSSR count). The molecule has 2 N–H and O–H groups in total. The number of carbonyl (C=O) groups excluding carboxylic acids is 1. The van der Waals surface area contributed by atoms with Crippen molar-refractivity contribution in [3.63, 3.8) is 0 Å². The van der Waals surface area contributed by atoms with Crippen LogP contribution in [-0.2, 0) is 21.4 Å². The number of sulfonamides is 1. The van der Waals surface area contributed by atoms with Gasteiger partial charge < -0.3 is 5.32 Å². The highest BCUT2D eigenvalue weighted by Gasteiger charge is 2.16. The molecule has 0 aliphatic carbocycles. The van der Waals surface area contributed by atoms with E-state index in [1.165, 1.54) is 25.1 Å². The van der Waals surface area contributed by atoms with E-state index in [1.807, 2.05) is 0 Å². The normalized spacial score (nSPS) is 11.3. The minimum Gasteiger partial charge on any atom is -0.325 e. The van der Waals surface area contributed by atoms with Gasteiger partial charge in [0, 0.05) is 18.5 Å². The number of nitrogens with one attached hydrogen (secondary N) is 2. The van der Waals surface area contributed by atoms with E-state index in [9.17, 15) is 13.2 Å². The van der Waals surface area contributed by atoms with Crippen molar-refractivity contribution >= 4 is 44.8 Å². The second kappa shape index (κ2) is 7.31. The summed E-state index contributed by atoms with van der Waals surface area (Å²) in [6, 6.07) is 11.0. The number of halogens is 2. The largest absolute Gasteiger partial charge is 0.325 e. The lowest BCUT2D eigenvalue weighted by Crippen LogP contribution is -2.23. The Hall–Kier alpha value is -1.60. The van der Waals surface area contributed by atoms with Crippen LogP contribution in [0, 0.1) is 0 Å². The predicted molar refractivity (Wildman–Crippen MR) is 91.2 cm³/mol. The summed E-state index contributed by atoms with van der Waals surface area (Å²) in [5, 5.41) is 3.19. The standard InChI is InChI=1S/C15H14Cl2N2O3S/c1-10(20)19-15-6-5-13(8-14(15)17)23(21,22)18-9-11-3-2-4-12(16)7-11/h2-8,18H,9H2,1H3,(H,19,20). The van der Waals surface area contributed by atoms with Crippen LogP contribution in [-0.4, -0.2) is 14.3 Å². The predicted octanol–water partition coefficient (Wildman–Crippen LogP) is 3.43. The number of anilines is 1. The fourth-order valence-corrected chi connectivity index (χ4v) is 3.41. The monoisotopic (exact) mass is 372 g/mol. The van der Waals surface area contributed by atoms with Gasteiger partial charge in [-0.2, -0.15) is 0 Å². The smallest absolute Gasteiger partial charge is 0.240 e. The highest BCUT2D eigenvalue weighted by Crippen LogP contribution is 2.25. The number of hydrogen-bond donors (Lipinski definition) is 2. The molecule has 5 nitrogen and oxygen atoms in total. The van der Waals surface area contributed by atoms with Crippen molar-refractivity contribution in [1.82, 2.24) is 4.72 Å². The fraction of sp³-hybridized carbons (Fsp3) is 0.133. The van der Waals surface area contributed by atoms with E-state index < -0.39 is 10.0 Å². The van der Waals surface area contributed by atoms with E-state index in [4.69, 9.17) is 23.2 Å². The molecule has 2 aromatic carbocycles. The van der Waals surface area contributed by atoms with Crippen molar-refractivity contribution in [1.29, 1.82) is 0 Å². The number of rotatable bonds is 5. The van der Waals surface area contributed by atoms with Crippen LogP contribution in [0.5, 0.6) is 0 Å². The van der Waals surface area contributed by atoms with Crippen LogP contribution < -0.4 is 10.0 Å². The molecule has 0 spiro atoms. The van der Waals surface area contributed by atoms with E-state index in [1.54, 1.807) is 24.3 Å². The second-order valence-corrected chi connectivity index (χ2v) is 7.39. The Bertz CT molecular complexity index is 838. The van der Waals surface area contributed by atoms with Crippen LogP contribution in [0.15, 0.2) is 47.4 Å². The highest BCUT2D eigenvalue weighted by atomic mass is 35.5. The lowest BCUT2D eigenvalue weighted by molar-refractivity contribution is -0.114. The maximum absolute atomic E-state index is 12.3. The van der Waals surface area contributed by atoms with Crippen molar-refractivity contribution in [3.8, 4) is 0 Å². The van der Waals surface area contributed by atoms with Crippen LogP contribution in [0.4, 0.5) is 5.69 Å². The first kappa shape index (κ1) is 17.7. The Balaban J connectivity index is 2.16. The molecule has 0 aliphatic rings. The summed E-state index contributed by atoms with van der Waals surface area (Å²) in [7, 11) is -3.73. The molecule has 0 bridgehead atoms. The molecule has 0 aromatic heterocycles. The molecule has 0 saturated heterocycles. The number of hydrogen-bond acceptors (Lipinski definition) is 3. The lowest BCUT2D eigenvalue weighted by atomic mass is 10.2. The number of amides is 1. The number of carbonyl (C=O) groups is 1. The van der Waals surface area contributed by atoms with Gasteiger partial charge >= 0.3 is 0 Å². The summed E-state index contributed by atoms with van der Waals surface area (Å²) in [5.41, 5.74) is 1.09. The van der Waals surface area contributed by atoms with E-state index >= 15 is 0 Å². The number of benzene rings is 2. The van der Waals surface area contributed by atoms with Crippen molar-refractivity contribution in [3.05, 3.63) is 58.1 Å². The SMILES string of the molecule is CC(=O)Nc1ccc(S(=O)(=O)NCc2cccc(Cl)c2)cc1Cl. The Morgan fingerprint density at radius 2 is 1.87 bits per heavy atom. The van der Waals surface area contributed by atoms with Gasteiger partial charge in [0.1, 0.15) is 0 Å². The minimum atomic E-state index is -3.73. The Kier molecular flexibility index (Phi) is 5.64. The van der Waals surface area contributed by atoms with Gasteiger partial charge in [0.25, 0.3) is 0 Å². The molecule has 23 heavy (non-hydrogen) atoms. The van der Waals surface area contributed by atoms with Gasteiger partial charge in [-0.05, 0) is 35.9 Å². The third-order valence-corrected chi connectivity index (χ3v) is 4.86. The Morgan fingerprint density at radius 3 is 2.48 bits per heavy atom. The van der Waals surface area contributed by atoms with Crippen LogP contribution in [0.3, 0.4) is 0 Å². The maximum Gasteiger partial charge on any atom is 0.240 e. The average Bonchev–Trinajstić information content (AvgIpc) is 2.47. The molecule has 0 saturated carbocycles. The van der Waals surface area contributed by atoms with Crippen LogP contribution in [0.1, 0.15) is 12.5 Å². The van der Waals surface area contributed by atoms with Crippen molar-refractivity contribution in [2.75, 3.05) is 5.32 Å². The van der Waals surface area contributed by atoms with E-state index in [0.717, 1.165) is 5.56 Å².